The Labute approximate surface area is 83.2 Å². The Balaban J connectivity index is 3.94. The number of carbonyl (C=O) groups excluding carboxylic acids is 2. The molecule has 4 heteroatoms. The SMILES string of the molecule is CCC(=O)O/C=C(C)\C=C\OC(C)=O. The van der Waals surface area contributed by atoms with E-state index in [4.69, 9.17) is 4.74 Å². The maximum atomic E-state index is 10.7. The first-order valence-corrected chi connectivity index (χ1v) is 4.26. The molecule has 14 heavy (non-hydrogen) atoms. The molecule has 0 saturated heterocycles. The topological polar surface area (TPSA) is 52.6 Å². The molecule has 0 radical (unpaired) electrons. The van der Waals surface area contributed by atoms with Gasteiger partial charge in [-0.3, -0.25) is 9.59 Å². The molecule has 0 amide bonds. The smallest absolute Gasteiger partial charge is 0.310 e. The fraction of sp³-hybridized carbons (Fsp3) is 0.400. The van der Waals surface area contributed by atoms with E-state index >= 15 is 0 Å². The lowest BCUT2D eigenvalue weighted by molar-refractivity contribution is -0.138. The number of esters is 2. The standard InChI is InChI=1S/C10H14O4/c1-4-10(12)14-7-8(2)5-6-13-9(3)11/h5-7H,4H2,1-3H3/b6-5+,8-7-. The van der Waals surface area contributed by atoms with Crippen molar-refractivity contribution in [3.63, 3.8) is 0 Å². The van der Waals surface area contributed by atoms with Gasteiger partial charge in [-0.2, -0.15) is 0 Å². The second kappa shape index (κ2) is 6.88. The Morgan fingerprint density at radius 1 is 1.21 bits per heavy atom. The minimum atomic E-state index is -0.389. The molecule has 0 aliphatic heterocycles. The fourth-order valence-electron chi connectivity index (χ4n) is 0.518. The van der Waals surface area contributed by atoms with Crippen molar-refractivity contribution in [2.45, 2.75) is 27.2 Å². The van der Waals surface area contributed by atoms with Gasteiger partial charge in [0.05, 0.1) is 12.5 Å². The van der Waals surface area contributed by atoms with Gasteiger partial charge in [0.25, 0.3) is 0 Å². The summed E-state index contributed by atoms with van der Waals surface area (Å²) in [5.74, 6) is -0.690. The third kappa shape index (κ3) is 7.09. The molecular weight excluding hydrogens is 184 g/mol. The quantitative estimate of drug-likeness (QED) is 0.393. The van der Waals surface area contributed by atoms with Crippen LogP contribution < -0.4 is 0 Å². The molecule has 0 aliphatic carbocycles. The average molecular weight is 198 g/mol. The van der Waals surface area contributed by atoms with Crippen LogP contribution in [0.2, 0.25) is 0 Å². The summed E-state index contributed by atoms with van der Waals surface area (Å²) < 4.78 is 9.26. The summed E-state index contributed by atoms with van der Waals surface area (Å²) in [6.45, 7) is 4.74. The molecule has 78 valence electrons. The second-order valence-electron chi connectivity index (χ2n) is 2.62. The summed E-state index contributed by atoms with van der Waals surface area (Å²) in [4.78, 5) is 21.1. The van der Waals surface area contributed by atoms with Crippen LogP contribution in [-0.4, -0.2) is 11.9 Å². The molecule has 0 fully saturated rings. The van der Waals surface area contributed by atoms with Crippen LogP contribution in [0.4, 0.5) is 0 Å². The molecule has 0 unspecified atom stereocenters. The lowest BCUT2D eigenvalue weighted by atomic mass is 10.3. The van der Waals surface area contributed by atoms with E-state index in [1.807, 2.05) is 0 Å². The van der Waals surface area contributed by atoms with E-state index in [2.05, 4.69) is 4.74 Å². The molecule has 0 spiro atoms. The van der Waals surface area contributed by atoms with E-state index in [0.717, 1.165) is 0 Å². The first-order chi connectivity index (χ1) is 6.56. The summed E-state index contributed by atoms with van der Waals surface area (Å²) >= 11 is 0. The zero-order valence-corrected chi connectivity index (χ0v) is 8.57. The Kier molecular flexibility index (Phi) is 6.11. The molecule has 0 heterocycles. The van der Waals surface area contributed by atoms with Gasteiger partial charge in [0.2, 0.25) is 0 Å². The monoisotopic (exact) mass is 198 g/mol. The highest BCUT2D eigenvalue weighted by Crippen LogP contribution is 1.97. The Morgan fingerprint density at radius 2 is 1.86 bits per heavy atom. The molecule has 0 aromatic rings. The average Bonchev–Trinajstić information content (AvgIpc) is 2.13. The highest BCUT2D eigenvalue weighted by atomic mass is 16.5. The number of rotatable bonds is 4. The molecule has 4 nitrogen and oxygen atoms in total. The third-order valence-electron chi connectivity index (χ3n) is 1.23. The summed E-state index contributed by atoms with van der Waals surface area (Å²) in [6.07, 6.45) is 4.42. The summed E-state index contributed by atoms with van der Waals surface area (Å²) in [7, 11) is 0. The van der Waals surface area contributed by atoms with Crippen LogP contribution in [0.1, 0.15) is 27.2 Å². The Hall–Kier alpha value is -1.58. The number of carbonyl (C=O) groups is 2. The molecule has 0 aromatic heterocycles. The van der Waals surface area contributed by atoms with Crippen molar-refractivity contribution >= 4 is 11.9 Å². The van der Waals surface area contributed by atoms with Gasteiger partial charge in [0.15, 0.2) is 0 Å². The predicted octanol–water partition coefficient (Wildman–Crippen LogP) is 1.92. The van der Waals surface area contributed by atoms with Gasteiger partial charge in [-0.25, -0.2) is 0 Å². The molecule has 0 saturated carbocycles. The van der Waals surface area contributed by atoms with E-state index in [1.165, 1.54) is 25.5 Å². The van der Waals surface area contributed by atoms with Crippen molar-refractivity contribution in [1.82, 2.24) is 0 Å². The summed E-state index contributed by atoms with van der Waals surface area (Å²) in [5, 5.41) is 0. The minimum Gasteiger partial charge on any atom is -0.435 e. The lowest BCUT2D eigenvalue weighted by Gasteiger charge is -1.96. The molecule has 0 aromatic carbocycles. The third-order valence-corrected chi connectivity index (χ3v) is 1.23. The van der Waals surface area contributed by atoms with Gasteiger partial charge in [-0.05, 0) is 18.6 Å². The number of hydrogen-bond donors (Lipinski definition) is 0. The Morgan fingerprint density at radius 3 is 2.36 bits per heavy atom. The van der Waals surface area contributed by atoms with Gasteiger partial charge >= 0.3 is 11.9 Å². The van der Waals surface area contributed by atoms with Crippen LogP contribution in [0.5, 0.6) is 0 Å². The predicted molar refractivity (Wildman–Crippen MR) is 51.0 cm³/mol. The largest absolute Gasteiger partial charge is 0.435 e. The van der Waals surface area contributed by atoms with Crippen LogP contribution in [0.15, 0.2) is 24.2 Å². The zero-order valence-electron chi connectivity index (χ0n) is 8.57. The Bertz CT molecular complexity index is 263. The van der Waals surface area contributed by atoms with Crippen molar-refractivity contribution in [2.24, 2.45) is 0 Å². The fourth-order valence-corrected chi connectivity index (χ4v) is 0.518. The molecule has 0 aliphatic rings. The van der Waals surface area contributed by atoms with Gasteiger partial charge in [-0.1, -0.05) is 6.92 Å². The number of hydrogen-bond acceptors (Lipinski definition) is 4. The van der Waals surface area contributed by atoms with Gasteiger partial charge in [0, 0.05) is 13.3 Å². The van der Waals surface area contributed by atoms with Crippen LogP contribution in [0, 0.1) is 0 Å². The maximum absolute atomic E-state index is 10.7. The second-order valence-corrected chi connectivity index (χ2v) is 2.62. The minimum absolute atomic E-state index is 0.301. The van der Waals surface area contributed by atoms with E-state index < -0.39 is 0 Å². The van der Waals surface area contributed by atoms with E-state index in [-0.39, 0.29) is 11.9 Å². The van der Waals surface area contributed by atoms with Gasteiger partial charge in [-0.15, -0.1) is 0 Å². The van der Waals surface area contributed by atoms with Crippen molar-refractivity contribution in [2.75, 3.05) is 0 Å². The van der Waals surface area contributed by atoms with E-state index in [0.29, 0.717) is 12.0 Å². The van der Waals surface area contributed by atoms with Crippen molar-refractivity contribution in [1.29, 1.82) is 0 Å². The van der Waals surface area contributed by atoms with Gasteiger partial charge < -0.3 is 9.47 Å². The summed E-state index contributed by atoms with van der Waals surface area (Å²) in [5.41, 5.74) is 0.688. The number of ether oxygens (including phenoxy) is 2. The van der Waals surface area contributed by atoms with Crippen LogP contribution in [0.25, 0.3) is 0 Å². The highest BCUT2D eigenvalue weighted by molar-refractivity contribution is 5.69. The number of allylic oxidation sites excluding steroid dienone is 2. The van der Waals surface area contributed by atoms with Crippen LogP contribution >= 0.6 is 0 Å². The van der Waals surface area contributed by atoms with E-state index in [9.17, 15) is 9.59 Å². The highest BCUT2D eigenvalue weighted by Gasteiger charge is 1.94. The molecule has 0 bridgehead atoms. The van der Waals surface area contributed by atoms with Crippen molar-refractivity contribution in [3.8, 4) is 0 Å². The molecule has 0 atom stereocenters. The van der Waals surface area contributed by atoms with Gasteiger partial charge in [0.1, 0.15) is 0 Å². The van der Waals surface area contributed by atoms with Crippen LogP contribution in [0.3, 0.4) is 0 Å². The normalized spacial score (nSPS) is 11.5. The summed E-state index contributed by atoms with van der Waals surface area (Å²) in [6, 6.07) is 0. The maximum Gasteiger partial charge on any atom is 0.310 e. The van der Waals surface area contributed by atoms with Crippen molar-refractivity contribution < 1.29 is 19.1 Å². The lowest BCUT2D eigenvalue weighted by Crippen LogP contribution is -1.96. The molecule has 0 rings (SSSR count). The molecule has 0 N–H and O–H groups in total. The first kappa shape index (κ1) is 12.4. The van der Waals surface area contributed by atoms with Crippen LogP contribution in [-0.2, 0) is 19.1 Å². The zero-order chi connectivity index (χ0) is 11.0. The van der Waals surface area contributed by atoms with Crippen molar-refractivity contribution in [3.05, 3.63) is 24.2 Å². The van der Waals surface area contributed by atoms with E-state index in [1.54, 1.807) is 13.8 Å². The molecular formula is C10H14O4. The first-order valence-electron chi connectivity index (χ1n) is 4.26.